The van der Waals surface area contributed by atoms with Crippen LogP contribution >= 0.6 is 0 Å². The Balaban J connectivity index is 1.56. The summed E-state index contributed by atoms with van der Waals surface area (Å²) in [5.41, 5.74) is 0. The molecule has 0 aromatic rings. The summed E-state index contributed by atoms with van der Waals surface area (Å²) < 4.78 is 5.48. The first-order valence-corrected chi connectivity index (χ1v) is 7.25. The lowest BCUT2D eigenvalue weighted by molar-refractivity contribution is -0.124. The standard InChI is InChI=1S/C14H25NO3/c1-2-18-12-6-10(7-12)8-14(17)15-9-11-4-3-5-13(11)16/h10-13,16H,2-9H2,1H3,(H,15,17). The van der Waals surface area contributed by atoms with Crippen molar-refractivity contribution in [1.82, 2.24) is 5.32 Å². The monoisotopic (exact) mass is 255 g/mol. The topological polar surface area (TPSA) is 58.6 Å². The maximum atomic E-state index is 11.7. The van der Waals surface area contributed by atoms with Gasteiger partial charge in [-0.25, -0.2) is 0 Å². The van der Waals surface area contributed by atoms with E-state index in [1.807, 2.05) is 6.92 Å². The Kier molecular flexibility index (Phi) is 5.01. The van der Waals surface area contributed by atoms with Gasteiger partial charge in [-0.1, -0.05) is 6.42 Å². The van der Waals surface area contributed by atoms with Gasteiger partial charge in [-0.2, -0.15) is 0 Å². The molecule has 2 saturated carbocycles. The molecule has 2 rings (SSSR count). The van der Waals surface area contributed by atoms with E-state index in [0.717, 1.165) is 38.7 Å². The Labute approximate surface area is 109 Å². The lowest BCUT2D eigenvalue weighted by Gasteiger charge is -2.34. The second-order valence-corrected chi connectivity index (χ2v) is 5.68. The average Bonchev–Trinajstić information content (AvgIpc) is 2.69. The molecule has 2 aliphatic rings. The van der Waals surface area contributed by atoms with Gasteiger partial charge in [0.25, 0.3) is 0 Å². The second kappa shape index (κ2) is 6.53. The molecule has 2 N–H and O–H groups in total. The molecule has 1 amide bonds. The van der Waals surface area contributed by atoms with Gasteiger partial charge in [-0.15, -0.1) is 0 Å². The van der Waals surface area contributed by atoms with E-state index in [0.29, 0.717) is 25.0 Å². The average molecular weight is 255 g/mol. The van der Waals surface area contributed by atoms with Crippen molar-refractivity contribution in [1.29, 1.82) is 0 Å². The van der Waals surface area contributed by atoms with E-state index < -0.39 is 0 Å². The highest BCUT2D eigenvalue weighted by Crippen LogP contribution is 2.32. The van der Waals surface area contributed by atoms with Crippen LogP contribution in [0.4, 0.5) is 0 Å². The molecule has 2 aliphatic carbocycles. The molecule has 0 heterocycles. The van der Waals surface area contributed by atoms with Crippen molar-refractivity contribution in [2.75, 3.05) is 13.2 Å². The number of hydrogen-bond acceptors (Lipinski definition) is 3. The zero-order chi connectivity index (χ0) is 13.0. The van der Waals surface area contributed by atoms with Crippen molar-refractivity contribution in [2.24, 2.45) is 11.8 Å². The number of nitrogens with one attached hydrogen (secondary N) is 1. The molecule has 0 radical (unpaired) electrons. The molecule has 2 unspecified atom stereocenters. The van der Waals surface area contributed by atoms with Crippen LogP contribution < -0.4 is 5.32 Å². The molecule has 0 bridgehead atoms. The van der Waals surface area contributed by atoms with Crippen molar-refractivity contribution in [2.45, 2.75) is 57.7 Å². The fourth-order valence-electron chi connectivity index (χ4n) is 3.05. The molecular formula is C14H25NO3. The van der Waals surface area contributed by atoms with Crippen LogP contribution in [-0.4, -0.2) is 36.4 Å². The highest BCUT2D eigenvalue weighted by molar-refractivity contribution is 5.76. The van der Waals surface area contributed by atoms with Crippen LogP contribution in [0.3, 0.4) is 0 Å². The van der Waals surface area contributed by atoms with Gasteiger partial charge >= 0.3 is 0 Å². The van der Waals surface area contributed by atoms with E-state index in [1.54, 1.807) is 0 Å². The van der Waals surface area contributed by atoms with E-state index in [1.165, 1.54) is 0 Å². The first kappa shape index (κ1) is 13.8. The third kappa shape index (κ3) is 3.69. The van der Waals surface area contributed by atoms with Crippen LogP contribution in [0, 0.1) is 11.8 Å². The normalized spacial score (nSPS) is 35.2. The van der Waals surface area contributed by atoms with Crippen LogP contribution in [0.25, 0.3) is 0 Å². The Morgan fingerprint density at radius 3 is 2.78 bits per heavy atom. The molecule has 0 spiro atoms. The fourth-order valence-corrected chi connectivity index (χ4v) is 3.05. The molecule has 18 heavy (non-hydrogen) atoms. The van der Waals surface area contributed by atoms with Crippen molar-refractivity contribution in [3.05, 3.63) is 0 Å². The van der Waals surface area contributed by atoms with Gasteiger partial charge < -0.3 is 15.2 Å². The number of hydrogen-bond donors (Lipinski definition) is 2. The predicted molar refractivity (Wildman–Crippen MR) is 69.1 cm³/mol. The number of amides is 1. The van der Waals surface area contributed by atoms with Gasteiger partial charge in [-0.05, 0) is 38.5 Å². The van der Waals surface area contributed by atoms with E-state index >= 15 is 0 Å². The minimum atomic E-state index is -0.212. The zero-order valence-electron chi connectivity index (χ0n) is 11.2. The molecule has 4 heteroatoms. The number of ether oxygens (including phenoxy) is 1. The summed E-state index contributed by atoms with van der Waals surface area (Å²) in [7, 11) is 0. The van der Waals surface area contributed by atoms with E-state index in [-0.39, 0.29) is 17.9 Å². The molecule has 0 aromatic heterocycles. The van der Waals surface area contributed by atoms with Crippen LogP contribution in [0.5, 0.6) is 0 Å². The van der Waals surface area contributed by atoms with Gasteiger partial charge in [-0.3, -0.25) is 4.79 Å². The summed E-state index contributed by atoms with van der Waals surface area (Å²) in [6, 6.07) is 0. The maximum absolute atomic E-state index is 11.7. The largest absolute Gasteiger partial charge is 0.393 e. The first-order chi connectivity index (χ1) is 8.69. The lowest BCUT2D eigenvalue weighted by atomic mass is 9.80. The lowest BCUT2D eigenvalue weighted by Crippen LogP contribution is -2.37. The molecule has 0 saturated heterocycles. The van der Waals surface area contributed by atoms with Crippen molar-refractivity contribution in [3.63, 3.8) is 0 Å². The Morgan fingerprint density at radius 2 is 2.17 bits per heavy atom. The van der Waals surface area contributed by atoms with Crippen molar-refractivity contribution >= 4 is 5.91 Å². The third-order valence-electron chi connectivity index (χ3n) is 4.25. The van der Waals surface area contributed by atoms with E-state index in [2.05, 4.69) is 5.32 Å². The van der Waals surface area contributed by atoms with E-state index in [4.69, 9.17) is 4.74 Å². The summed E-state index contributed by atoms with van der Waals surface area (Å²) >= 11 is 0. The molecule has 2 atom stereocenters. The summed E-state index contributed by atoms with van der Waals surface area (Å²) in [4.78, 5) is 11.7. The first-order valence-electron chi connectivity index (χ1n) is 7.25. The fraction of sp³-hybridized carbons (Fsp3) is 0.929. The molecule has 4 nitrogen and oxygen atoms in total. The van der Waals surface area contributed by atoms with Crippen LogP contribution in [0.2, 0.25) is 0 Å². The molecular weight excluding hydrogens is 230 g/mol. The second-order valence-electron chi connectivity index (χ2n) is 5.68. The molecule has 0 aromatic carbocycles. The van der Waals surface area contributed by atoms with Crippen LogP contribution in [-0.2, 0) is 9.53 Å². The van der Waals surface area contributed by atoms with Gasteiger partial charge in [0.1, 0.15) is 0 Å². The summed E-state index contributed by atoms with van der Waals surface area (Å²) in [6.45, 7) is 3.41. The number of rotatable bonds is 6. The van der Waals surface area contributed by atoms with Crippen molar-refractivity contribution in [3.8, 4) is 0 Å². The number of aliphatic hydroxyl groups is 1. The van der Waals surface area contributed by atoms with Gasteiger partial charge in [0, 0.05) is 25.5 Å². The van der Waals surface area contributed by atoms with Crippen LogP contribution in [0.1, 0.15) is 45.4 Å². The van der Waals surface area contributed by atoms with Gasteiger partial charge in [0.05, 0.1) is 12.2 Å². The quantitative estimate of drug-likeness (QED) is 0.755. The highest BCUT2D eigenvalue weighted by Gasteiger charge is 2.31. The predicted octanol–water partition coefficient (Wildman–Crippen LogP) is 1.47. The summed E-state index contributed by atoms with van der Waals surface area (Å²) in [5, 5.41) is 12.6. The third-order valence-corrected chi connectivity index (χ3v) is 4.25. The smallest absolute Gasteiger partial charge is 0.220 e. The Hall–Kier alpha value is -0.610. The zero-order valence-corrected chi connectivity index (χ0v) is 11.2. The molecule has 2 fully saturated rings. The maximum Gasteiger partial charge on any atom is 0.220 e. The highest BCUT2D eigenvalue weighted by atomic mass is 16.5. The van der Waals surface area contributed by atoms with Gasteiger partial charge in [0.2, 0.25) is 5.91 Å². The number of carbonyl (C=O) groups excluding carboxylic acids is 1. The molecule has 104 valence electrons. The molecule has 0 aliphatic heterocycles. The summed E-state index contributed by atoms with van der Waals surface area (Å²) in [6.07, 6.45) is 5.84. The minimum absolute atomic E-state index is 0.133. The number of aliphatic hydroxyl groups excluding tert-OH is 1. The van der Waals surface area contributed by atoms with Crippen LogP contribution in [0.15, 0.2) is 0 Å². The number of carbonyl (C=O) groups is 1. The minimum Gasteiger partial charge on any atom is -0.393 e. The van der Waals surface area contributed by atoms with Crippen molar-refractivity contribution < 1.29 is 14.6 Å². The Morgan fingerprint density at radius 1 is 1.39 bits per heavy atom. The SMILES string of the molecule is CCOC1CC(CC(=O)NCC2CCCC2O)C1. The summed E-state index contributed by atoms with van der Waals surface area (Å²) in [5.74, 6) is 0.899. The van der Waals surface area contributed by atoms with Gasteiger partial charge in [0.15, 0.2) is 0 Å². The van der Waals surface area contributed by atoms with E-state index in [9.17, 15) is 9.90 Å². The Bertz CT molecular complexity index is 276.